The fourth-order valence-corrected chi connectivity index (χ4v) is 7.28. The van der Waals surface area contributed by atoms with E-state index >= 15 is 0 Å². The summed E-state index contributed by atoms with van der Waals surface area (Å²) < 4.78 is 0. The smallest absolute Gasteiger partial charge is 0.0468 e. The van der Waals surface area contributed by atoms with E-state index in [1.807, 2.05) is 0 Å². The highest BCUT2D eigenvalue weighted by molar-refractivity contribution is 6.01. The molecule has 9 aromatic carbocycles. The van der Waals surface area contributed by atoms with Gasteiger partial charge in [-0.25, -0.2) is 0 Å². The lowest BCUT2D eigenvalue weighted by atomic mass is 9.89. The summed E-state index contributed by atoms with van der Waals surface area (Å²) in [5.41, 5.74) is 13.1. The van der Waals surface area contributed by atoms with E-state index in [2.05, 4.69) is 217 Å². The summed E-state index contributed by atoms with van der Waals surface area (Å²) in [6.07, 6.45) is 0. The Morgan fingerprint density at radius 3 is 1.45 bits per heavy atom. The Bertz CT molecular complexity index is 2600. The van der Waals surface area contributed by atoms with Gasteiger partial charge in [-0.05, 0) is 109 Å². The summed E-state index contributed by atoms with van der Waals surface area (Å²) in [5, 5.41) is 4.97. The fourth-order valence-electron chi connectivity index (χ4n) is 7.28. The third-order valence-corrected chi connectivity index (χ3v) is 9.87. The summed E-state index contributed by atoms with van der Waals surface area (Å²) in [7, 11) is 0. The first-order valence-corrected chi connectivity index (χ1v) is 17.5. The lowest BCUT2D eigenvalue weighted by Crippen LogP contribution is -2.09. The minimum atomic E-state index is 1.11. The van der Waals surface area contributed by atoms with Crippen LogP contribution in [0.25, 0.3) is 66.1 Å². The first-order chi connectivity index (χ1) is 25.3. The minimum Gasteiger partial charge on any atom is -0.310 e. The van der Waals surface area contributed by atoms with E-state index in [9.17, 15) is 0 Å². The van der Waals surface area contributed by atoms with Gasteiger partial charge in [-0.15, -0.1) is 0 Å². The third kappa shape index (κ3) is 5.96. The largest absolute Gasteiger partial charge is 0.310 e. The van der Waals surface area contributed by atoms with E-state index in [0.29, 0.717) is 0 Å². The van der Waals surface area contributed by atoms with Gasteiger partial charge >= 0.3 is 0 Å². The van der Waals surface area contributed by atoms with Crippen molar-refractivity contribution in [1.29, 1.82) is 0 Å². The van der Waals surface area contributed by atoms with Gasteiger partial charge in [0.2, 0.25) is 0 Å². The maximum Gasteiger partial charge on any atom is 0.0468 e. The van der Waals surface area contributed by atoms with Crippen LogP contribution in [0.15, 0.2) is 212 Å². The molecular weight excluding hydrogens is 615 g/mol. The normalized spacial score (nSPS) is 11.1. The molecule has 1 nitrogen and oxygen atoms in total. The standard InChI is InChI=1S/C50H35N/c1-3-12-36(13-4-1)38-22-28-44(29-23-38)51(46-32-26-37-14-7-8-18-42(37)34-46)45-30-24-39(25-31-45)43-27-33-49(50(35-43)41-15-5-2-6-16-41)48-21-11-19-40-17-9-10-20-47(40)48/h1-35H. The molecule has 0 saturated carbocycles. The number of hydrogen-bond donors (Lipinski definition) is 0. The molecular formula is C50H35N. The molecule has 0 aliphatic rings. The van der Waals surface area contributed by atoms with E-state index in [0.717, 1.165) is 17.1 Å². The molecule has 51 heavy (non-hydrogen) atoms. The van der Waals surface area contributed by atoms with Gasteiger partial charge in [-0.2, -0.15) is 0 Å². The van der Waals surface area contributed by atoms with E-state index in [1.54, 1.807) is 0 Å². The lowest BCUT2D eigenvalue weighted by molar-refractivity contribution is 1.29. The van der Waals surface area contributed by atoms with Gasteiger partial charge in [0.15, 0.2) is 0 Å². The molecule has 240 valence electrons. The van der Waals surface area contributed by atoms with E-state index in [-0.39, 0.29) is 0 Å². The average molecular weight is 650 g/mol. The van der Waals surface area contributed by atoms with Crippen molar-refractivity contribution in [3.8, 4) is 44.5 Å². The molecule has 9 aromatic rings. The van der Waals surface area contributed by atoms with Crippen LogP contribution in [0.2, 0.25) is 0 Å². The van der Waals surface area contributed by atoms with Crippen molar-refractivity contribution in [2.45, 2.75) is 0 Å². The maximum absolute atomic E-state index is 2.35. The molecule has 0 atom stereocenters. The van der Waals surface area contributed by atoms with Gasteiger partial charge in [-0.1, -0.05) is 170 Å². The predicted molar refractivity (Wildman–Crippen MR) is 218 cm³/mol. The number of anilines is 3. The number of fused-ring (bicyclic) bond motifs is 2. The molecule has 0 fully saturated rings. The monoisotopic (exact) mass is 649 g/mol. The van der Waals surface area contributed by atoms with Crippen LogP contribution in [0.4, 0.5) is 17.1 Å². The van der Waals surface area contributed by atoms with Crippen molar-refractivity contribution in [2.24, 2.45) is 0 Å². The fraction of sp³-hybridized carbons (Fsp3) is 0. The Balaban J connectivity index is 1.13. The molecule has 0 heterocycles. The molecule has 0 amide bonds. The van der Waals surface area contributed by atoms with Crippen LogP contribution in [0.5, 0.6) is 0 Å². The van der Waals surface area contributed by atoms with Gasteiger partial charge in [0, 0.05) is 17.1 Å². The van der Waals surface area contributed by atoms with E-state index < -0.39 is 0 Å². The van der Waals surface area contributed by atoms with Crippen molar-refractivity contribution in [2.75, 3.05) is 4.90 Å². The second kappa shape index (κ2) is 13.3. The highest BCUT2D eigenvalue weighted by Gasteiger charge is 2.16. The molecule has 0 radical (unpaired) electrons. The highest BCUT2D eigenvalue weighted by atomic mass is 15.1. The highest BCUT2D eigenvalue weighted by Crippen LogP contribution is 2.41. The van der Waals surface area contributed by atoms with Gasteiger partial charge in [0.05, 0.1) is 0 Å². The van der Waals surface area contributed by atoms with Gasteiger partial charge in [0.25, 0.3) is 0 Å². The van der Waals surface area contributed by atoms with Gasteiger partial charge in [-0.3, -0.25) is 0 Å². The SMILES string of the molecule is c1ccc(-c2ccc(N(c3ccc(-c4ccc(-c5cccc6ccccc56)c(-c5ccccc5)c4)cc3)c3ccc4ccccc4c3)cc2)cc1. The van der Waals surface area contributed by atoms with Crippen LogP contribution in [-0.4, -0.2) is 0 Å². The molecule has 0 aliphatic heterocycles. The zero-order valence-corrected chi connectivity index (χ0v) is 28.2. The van der Waals surface area contributed by atoms with Gasteiger partial charge < -0.3 is 4.90 Å². The minimum absolute atomic E-state index is 1.11. The van der Waals surface area contributed by atoms with Crippen LogP contribution in [0.3, 0.4) is 0 Å². The van der Waals surface area contributed by atoms with Crippen molar-refractivity contribution in [3.05, 3.63) is 212 Å². The van der Waals surface area contributed by atoms with Crippen LogP contribution in [0, 0.1) is 0 Å². The summed E-state index contributed by atoms with van der Waals surface area (Å²) in [4.78, 5) is 2.35. The number of nitrogens with zero attached hydrogens (tertiary/aromatic N) is 1. The zero-order chi connectivity index (χ0) is 34.0. The molecule has 0 saturated heterocycles. The molecule has 0 aromatic heterocycles. The zero-order valence-electron chi connectivity index (χ0n) is 28.2. The molecule has 0 unspecified atom stereocenters. The summed E-state index contributed by atoms with van der Waals surface area (Å²) >= 11 is 0. The topological polar surface area (TPSA) is 3.24 Å². The summed E-state index contributed by atoms with van der Waals surface area (Å²) in [6, 6.07) is 76.6. The van der Waals surface area contributed by atoms with Gasteiger partial charge in [0.1, 0.15) is 0 Å². The first kappa shape index (κ1) is 30.4. The molecule has 9 rings (SSSR count). The quantitative estimate of drug-likeness (QED) is 0.166. The number of benzene rings is 9. The molecule has 1 heteroatoms. The molecule has 0 spiro atoms. The van der Waals surface area contributed by atoms with E-state index in [1.165, 1.54) is 66.1 Å². The second-order valence-corrected chi connectivity index (χ2v) is 13.0. The van der Waals surface area contributed by atoms with Crippen molar-refractivity contribution >= 4 is 38.6 Å². The Morgan fingerprint density at radius 2 is 0.745 bits per heavy atom. The molecule has 0 aliphatic carbocycles. The van der Waals surface area contributed by atoms with Crippen LogP contribution < -0.4 is 4.90 Å². The maximum atomic E-state index is 2.35. The summed E-state index contributed by atoms with van der Waals surface area (Å²) in [6.45, 7) is 0. The van der Waals surface area contributed by atoms with Crippen LogP contribution in [0.1, 0.15) is 0 Å². The average Bonchev–Trinajstić information content (AvgIpc) is 3.22. The number of rotatable bonds is 7. The molecule has 0 N–H and O–H groups in total. The Kier molecular flexibility index (Phi) is 7.92. The van der Waals surface area contributed by atoms with Crippen LogP contribution >= 0.6 is 0 Å². The van der Waals surface area contributed by atoms with Crippen LogP contribution in [-0.2, 0) is 0 Å². The summed E-state index contributed by atoms with van der Waals surface area (Å²) in [5.74, 6) is 0. The van der Waals surface area contributed by atoms with E-state index in [4.69, 9.17) is 0 Å². The lowest BCUT2D eigenvalue weighted by Gasteiger charge is -2.26. The Morgan fingerprint density at radius 1 is 0.235 bits per heavy atom. The molecule has 0 bridgehead atoms. The Hall–Kier alpha value is -6.70. The van der Waals surface area contributed by atoms with Crippen molar-refractivity contribution in [1.82, 2.24) is 0 Å². The number of hydrogen-bond acceptors (Lipinski definition) is 1. The van der Waals surface area contributed by atoms with Crippen molar-refractivity contribution in [3.63, 3.8) is 0 Å². The predicted octanol–water partition coefficient (Wildman–Crippen LogP) is 14.1. The Labute approximate surface area is 299 Å². The third-order valence-electron chi connectivity index (χ3n) is 9.87. The second-order valence-electron chi connectivity index (χ2n) is 13.0. The van der Waals surface area contributed by atoms with Crippen molar-refractivity contribution < 1.29 is 0 Å². The first-order valence-electron chi connectivity index (χ1n) is 17.5.